The lowest BCUT2D eigenvalue weighted by atomic mass is 9.90. The van der Waals surface area contributed by atoms with Gasteiger partial charge in [-0.3, -0.25) is 9.48 Å². The summed E-state index contributed by atoms with van der Waals surface area (Å²) in [4.78, 5) is 17.7. The number of carbonyl (C=O) groups is 1. The SMILES string of the molecule is COCCn1nc(Br)cc1C1(O)CC2CC(c3ncn(C)c3C(=O)Nc3ccc(F)c(Cl)c3)CC2C1. The zero-order valence-electron chi connectivity index (χ0n) is 20.0. The highest BCUT2D eigenvalue weighted by atomic mass is 79.9. The molecular weight excluding hydrogens is 553 g/mol. The van der Waals surface area contributed by atoms with Crippen LogP contribution < -0.4 is 5.32 Å². The average molecular weight is 581 g/mol. The number of nitrogens with one attached hydrogen (secondary N) is 1. The van der Waals surface area contributed by atoms with Gasteiger partial charge in [-0.2, -0.15) is 5.10 Å². The average Bonchev–Trinajstić information content (AvgIpc) is 3.56. The molecule has 192 valence electrons. The number of fused-ring (bicyclic) bond motifs is 1. The predicted molar refractivity (Wildman–Crippen MR) is 136 cm³/mol. The number of aryl methyl sites for hydroxylation is 1. The summed E-state index contributed by atoms with van der Waals surface area (Å²) in [5.74, 6) is -0.0965. The Labute approximate surface area is 221 Å². The van der Waals surface area contributed by atoms with Gasteiger partial charge < -0.3 is 19.7 Å². The van der Waals surface area contributed by atoms with Gasteiger partial charge in [0, 0.05) is 25.8 Å². The van der Waals surface area contributed by atoms with Crippen LogP contribution in [0.25, 0.3) is 0 Å². The van der Waals surface area contributed by atoms with Crippen molar-refractivity contribution in [2.45, 2.75) is 43.7 Å². The van der Waals surface area contributed by atoms with Gasteiger partial charge in [-0.1, -0.05) is 11.6 Å². The number of methoxy groups -OCH3 is 1. The van der Waals surface area contributed by atoms with Crippen LogP contribution >= 0.6 is 27.5 Å². The summed E-state index contributed by atoms with van der Waals surface area (Å²) in [7, 11) is 3.44. The van der Waals surface area contributed by atoms with Gasteiger partial charge in [-0.05, 0) is 77.7 Å². The number of benzene rings is 1. The third-order valence-electron chi connectivity index (χ3n) is 7.52. The van der Waals surface area contributed by atoms with Crippen LogP contribution in [-0.4, -0.2) is 44.1 Å². The number of aromatic nitrogens is 4. The standard InChI is InChI=1S/C25H28BrClFN5O3/c1-32-13-29-22(23(32)24(34)30-17-3-4-19(28)18(27)9-17)14-7-15-11-25(35,12-16(15)8-14)20-10-21(26)31-33(20)5-6-36-2/h3-4,9-10,13-16,35H,5-8,11-12H2,1-2H3,(H,30,34). The molecule has 0 spiro atoms. The first-order valence-corrected chi connectivity index (χ1v) is 13.1. The fourth-order valence-electron chi connectivity index (χ4n) is 5.99. The molecule has 0 bridgehead atoms. The second-order valence-corrected chi connectivity index (χ2v) is 11.1. The van der Waals surface area contributed by atoms with E-state index in [2.05, 4.69) is 31.3 Å². The molecule has 2 N–H and O–H groups in total. The number of nitrogens with zero attached hydrogens (tertiary/aromatic N) is 4. The normalized spacial score (nSPS) is 25.3. The van der Waals surface area contributed by atoms with Gasteiger partial charge in [-0.15, -0.1) is 0 Å². The van der Waals surface area contributed by atoms with E-state index in [-0.39, 0.29) is 16.8 Å². The molecule has 2 fully saturated rings. The first-order valence-electron chi connectivity index (χ1n) is 11.9. The Kier molecular flexibility index (Phi) is 6.97. The Bertz CT molecular complexity index is 1280. The van der Waals surface area contributed by atoms with Crippen molar-refractivity contribution in [2.75, 3.05) is 19.0 Å². The maximum Gasteiger partial charge on any atom is 0.274 e. The summed E-state index contributed by atoms with van der Waals surface area (Å²) in [5.41, 5.74) is 1.53. The largest absolute Gasteiger partial charge is 0.384 e. The Morgan fingerprint density at radius 2 is 2.06 bits per heavy atom. The number of hydrogen-bond acceptors (Lipinski definition) is 5. The summed E-state index contributed by atoms with van der Waals surface area (Å²) in [6.45, 7) is 1.09. The molecule has 2 unspecified atom stereocenters. The van der Waals surface area contributed by atoms with Gasteiger partial charge >= 0.3 is 0 Å². The van der Waals surface area contributed by atoms with Gasteiger partial charge in [0.25, 0.3) is 5.91 Å². The number of carbonyl (C=O) groups excluding carboxylic acids is 1. The molecular formula is C25H28BrClFN5O3. The lowest BCUT2D eigenvalue weighted by molar-refractivity contribution is 0.0240. The first kappa shape index (κ1) is 25.4. The number of anilines is 1. The zero-order chi connectivity index (χ0) is 25.6. The number of aliphatic hydroxyl groups is 1. The lowest BCUT2D eigenvalue weighted by Gasteiger charge is -2.25. The highest BCUT2D eigenvalue weighted by Crippen LogP contribution is 2.57. The Hall–Kier alpha value is -2.27. The van der Waals surface area contributed by atoms with Gasteiger partial charge in [0.15, 0.2) is 0 Å². The van der Waals surface area contributed by atoms with Crippen LogP contribution in [0.1, 0.15) is 53.5 Å². The van der Waals surface area contributed by atoms with E-state index in [9.17, 15) is 14.3 Å². The molecule has 2 aliphatic rings. The molecule has 1 aromatic carbocycles. The molecule has 0 radical (unpaired) electrons. The zero-order valence-corrected chi connectivity index (χ0v) is 22.4. The smallest absolute Gasteiger partial charge is 0.274 e. The third-order valence-corrected chi connectivity index (χ3v) is 8.20. The number of imidazole rings is 1. The topological polar surface area (TPSA) is 94.2 Å². The van der Waals surface area contributed by atoms with E-state index in [1.165, 1.54) is 18.2 Å². The minimum Gasteiger partial charge on any atom is -0.384 e. The van der Waals surface area contributed by atoms with Crippen molar-refractivity contribution in [3.8, 4) is 0 Å². The molecule has 2 heterocycles. The summed E-state index contributed by atoms with van der Waals surface area (Å²) in [6.07, 6.45) is 4.63. The molecule has 1 amide bonds. The molecule has 8 nitrogen and oxygen atoms in total. The van der Waals surface area contributed by atoms with Crippen molar-refractivity contribution in [3.63, 3.8) is 0 Å². The quantitative estimate of drug-likeness (QED) is 0.416. The minimum absolute atomic E-state index is 0.0512. The summed E-state index contributed by atoms with van der Waals surface area (Å²) in [5, 5.41) is 18.9. The Morgan fingerprint density at radius 1 is 1.33 bits per heavy atom. The molecule has 11 heteroatoms. The van der Waals surface area contributed by atoms with Crippen LogP contribution in [0.3, 0.4) is 0 Å². The van der Waals surface area contributed by atoms with Crippen LogP contribution in [0.5, 0.6) is 0 Å². The van der Waals surface area contributed by atoms with E-state index >= 15 is 0 Å². The first-order chi connectivity index (χ1) is 17.2. The van der Waals surface area contributed by atoms with Crippen molar-refractivity contribution in [3.05, 3.63) is 63.1 Å². The minimum atomic E-state index is -0.945. The Balaban J connectivity index is 1.31. The van der Waals surface area contributed by atoms with E-state index in [4.69, 9.17) is 16.3 Å². The van der Waals surface area contributed by atoms with Crippen LogP contribution in [-0.2, 0) is 23.9 Å². The monoisotopic (exact) mass is 579 g/mol. The van der Waals surface area contributed by atoms with Crippen LogP contribution in [0.15, 0.2) is 35.2 Å². The lowest BCUT2D eigenvalue weighted by Crippen LogP contribution is -2.28. The molecule has 36 heavy (non-hydrogen) atoms. The highest BCUT2D eigenvalue weighted by Gasteiger charge is 2.51. The number of halogens is 3. The van der Waals surface area contributed by atoms with E-state index in [1.807, 2.05) is 10.7 Å². The molecule has 2 aliphatic carbocycles. The van der Waals surface area contributed by atoms with E-state index in [1.54, 1.807) is 25.1 Å². The highest BCUT2D eigenvalue weighted by molar-refractivity contribution is 9.10. The fourth-order valence-corrected chi connectivity index (χ4v) is 6.58. The van der Waals surface area contributed by atoms with Crippen LogP contribution in [0, 0.1) is 17.7 Å². The molecule has 2 aromatic heterocycles. The summed E-state index contributed by atoms with van der Waals surface area (Å²) in [6, 6.07) is 5.99. The van der Waals surface area contributed by atoms with Crippen LogP contribution in [0.2, 0.25) is 5.02 Å². The molecule has 0 saturated heterocycles. The second-order valence-electron chi connectivity index (χ2n) is 9.87. The van der Waals surface area contributed by atoms with E-state index in [0.717, 1.165) is 24.2 Å². The number of ether oxygens (including phenoxy) is 1. The predicted octanol–water partition coefficient (Wildman–Crippen LogP) is 4.86. The van der Waals surface area contributed by atoms with Crippen LogP contribution in [0.4, 0.5) is 10.1 Å². The summed E-state index contributed by atoms with van der Waals surface area (Å²) < 4.78 is 22.9. The van der Waals surface area contributed by atoms with Gasteiger partial charge in [-0.25, -0.2) is 9.37 Å². The van der Waals surface area contributed by atoms with E-state index in [0.29, 0.717) is 53.8 Å². The van der Waals surface area contributed by atoms with Gasteiger partial charge in [0.2, 0.25) is 0 Å². The van der Waals surface area contributed by atoms with Crippen molar-refractivity contribution in [2.24, 2.45) is 18.9 Å². The Morgan fingerprint density at radius 3 is 2.72 bits per heavy atom. The molecule has 2 atom stereocenters. The maximum atomic E-state index is 13.5. The van der Waals surface area contributed by atoms with Crippen molar-refractivity contribution in [1.82, 2.24) is 19.3 Å². The third kappa shape index (κ3) is 4.71. The molecule has 2 saturated carbocycles. The summed E-state index contributed by atoms with van der Waals surface area (Å²) >= 11 is 9.31. The molecule has 0 aliphatic heterocycles. The van der Waals surface area contributed by atoms with Crippen molar-refractivity contribution >= 4 is 39.1 Å². The fraction of sp³-hybridized carbons (Fsp3) is 0.480. The number of amides is 1. The maximum absolute atomic E-state index is 13.5. The van der Waals surface area contributed by atoms with Gasteiger partial charge in [0.1, 0.15) is 21.7 Å². The van der Waals surface area contributed by atoms with Gasteiger partial charge in [0.05, 0.1) is 35.9 Å². The van der Waals surface area contributed by atoms with E-state index < -0.39 is 11.4 Å². The molecule has 5 rings (SSSR count). The van der Waals surface area contributed by atoms with Crippen molar-refractivity contribution in [1.29, 1.82) is 0 Å². The van der Waals surface area contributed by atoms with Crippen molar-refractivity contribution < 1.29 is 19.0 Å². The number of rotatable bonds is 7. The second kappa shape index (κ2) is 9.89. The number of hydrogen-bond donors (Lipinski definition) is 2. The molecule has 3 aromatic rings.